The highest BCUT2D eigenvalue weighted by atomic mass is 16.5. The molecule has 0 aliphatic carbocycles. The van der Waals surface area contributed by atoms with Gasteiger partial charge in [-0.25, -0.2) is 9.78 Å². The minimum Gasteiger partial charge on any atom is -0.480 e. The second-order valence-corrected chi connectivity index (χ2v) is 7.18. The van der Waals surface area contributed by atoms with E-state index >= 15 is 0 Å². The van der Waals surface area contributed by atoms with Crippen molar-refractivity contribution in [1.82, 2.24) is 10.3 Å². The number of benzene rings is 2. The lowest BCUT2D eigenvalue weighted by atomic mass is 9.94. The number of carboxylic acid groups (broad SMARTS) is 1. The first kappa shape index (κ1) is 23.6. The number of hydrogen-bond acceptors (Lipinski definition) is 7. The average Bonchev–Trinajstić information content (AvgIpc) is 2.79. The summed E-state index contributed by atoms with van der Waals surface area (Å²) >= 11 is 0. The average molecular weight is 452 g/mol. The fraction of sp³-hybridized carbons (Fsp3) is 0.292. The van der Waals surface area contributed by atoms with Crippen molar-refractivity contribution in [3.8, 4) is 0 Å². The van der Waals surface area contributed by atoms with E-state index in [0.717, 1.165) is 0 Å². The van der Waals surface area contributed by atoms with E-state index in [1.54, 1.807) is 62.4 Å². The van der Waals surface area contributed by atoms with Crippen molar-refractivity contribution >= 4 is 45.6 Å². The number of hydrogen-bond donors (Lipinski definition) is 2. The third-order valence-corrected chi connectivity index (χ3v) is 5.05. The Morgan fingerprint density at radius 2 is 1.45 bits per heavy atom. The number of amides is 1. The van der Waals surface area contributed by atoms with E-state index in [9.17, 15) is 24.3 Å². The summed E-state index contributed by atoms with van der Waals surface area (Å²) in [5.74, 6) is -5.34. The first-order valence-corrected chi connectivity index (χ1v) is 10.5. The van der Waals surface area contributed by atoms with Gasteiger partial charge in [0.25, 0.3) is 5.91 Å². The van der Waals surface area contributed by atoms with Crippen molar-refractivity contribution < 1.29 is 33.8 Å². The van der Waals surface area contributed by atoms with Gasteiger partial charge in [-0.1, -0.05) is 36.4 Å². The molecular weight excluding hydrogens is 428 g/mol. The molecule has 0 aliphatic heterocycles. The molecule has 3 rings (SSSR count). The Labute approximate surface area is 189 Å². The second-order valence-electron chi connectivity index (χ2n) is 7.18. The van der Waals surface area contributed by atoms with Crippen molar-refractivity contribution in [2.75, 3.05) is 13.2 Å². The smallest absolute Gasteiger partial charge is 0.327 e. The van der Waals surface area contributed by atoms with Crippen molar-refractivity contribution in [2.45, 2.75) is 26.3 Å². The summed E-state index contributed by atoms with van der Waals surface area (Å²) in [6.45, 7) is 3.20. The topological polar surface area (TPSA) is 132 Å². The Morgan fingerprint density at radius 3 is 1.97 bits per heavy atom. The van der Waals surface area contributed by atoms with E-state index in [-0.39, 0.29) is 18.8 Å². The number of para-hydroxylation sites is 2. The van der Waals surface area contributed by atoms with Gasteiger partial charge in [0.05, 0.1) is 42.1 Å². The fourth-order valence-corrected chi connectivity index (χ4v) is 3.62. The summed E-state index contributed by atoms with van der Waals surface area (Å²) in [5, 5.41) is 13.3. The molecule has 172 valence electrons. The van der Waals surface area contributed by atoms with E-state index < -0.39 is 42.2 Å². The van der Waals surface area contributed by atoms with Crippen LogP contribution in [0.5, 0.6) is 0 Å². The van der Waals surface area contributed by atoms with Crippen LogP contribution in [0.15, 0.2) is 48.5 Å². The predicted octanol–water partition coefficient (Wildman–Crippen LogP) is 2.70. The van der Waals surface area contributed by atoms with E-state index in [1.165, 1.54) is 0 Å². The van der Waals surface area contributed by atoms with Gasteiger partial charge in [-0.15, -0.1) is 0 Å². The van der Waals surface area contributed by atoms with E-state index in [2.05, 4.69) is 10.3 Å². The number of nitrogens with one attached hydrogen (secondary N) is 1. The number of aromatic nitrogens is 1. The second kappa shape index (κ2) is 10.5. The van der Waals surface area contributed by atoms with Gasteiger partial charge in [-0.3, -0.25) is 14.4 Å². The molecule has 1 heterocycles. The van der Waals surface area contributed by atoms with Crippen LogP contribution in [0.2, 0.25) is 0 Å². The molecule has 2 N–H and O–H groups in total. The first-order chi connectivity index (χ1) is 15.9. The number of nitrogens with zero attached hydrogens (tertiary/aromatic N) is 1. The number of carbonyl (C=O) groups is 4. The summed E-state index contributed by atoms with van der Waals surface area (Å²) in [6.07, 6.45) is -0.554. The molecule has 0 spiro atoms. The molecule has 0 saturated carbocycles. The number of carboxylic acids is 1. The first-order valence-electron chi connectivity index (χ1n) is 10.5. The van der Waals surface area contributed by atoms with Crippen LogP contribution in [0.4, 0.5) is 0 Å². The Hall–Kier alpha value is -4.01. The zero-order valence-electron chi connectivity index (χ0n) is 18.2. The number of aliphatic carboxylic acids is 1. The maximum Gasteiger partial charge on any atom is 0.327 e. The molecular formula is C24H24N2O7. The molecule has 0 aliphatic rings. The number of ether oxygens (including phenoxy) is 2. The molecule has 3 aromatic rings. The molecule has 9 nitrogen and oxygen atoms in total. The summed E-state index contributed by atoms with van der Waals surface area (Å²) in [6, 6.07) is 12.2. The van der Waals surface area contributed by atoms with Crippen LogP contribution >= 0.6 is 0 Å². The number of esters is 2. The van der Waals surface area contributed by atoms with Gasteiger partial charge in [0.1, 0.15) is 6.04 Å². The highest BCUT2D eigenvalue weighted by Crippen LogP contribution is 2.26. The monoisotopic (exact) mass is 452 g/mol. The van der Waals surface area contributed by atoms with E-state index in [1.807, 2.05) is 0 Å². The van der Waals surface area contributed by atoms with Gasteiger partial charge in [-0.2, -0.15) is 0 Å². The van der Waals surface area contributed by atoms with Crippen LogP contribution in [-0.4, -0.2) is 53.2 Å². The van der Waals surface area contributed by atoms with Gasteiger partial charge in [0.2, 0.25) is 0 Å². The minimum absolute atomic E-state index is 0.0158. The van der Waals surface area contributed by atoms with Crippen LogP contribution in [0.3, 0.4) is 0 Å². The van der Waals surface area contributed by atoms with Crippen molar-refractivity contribution in [2.24, 2.45) is 5.92 Å². The zero-order valence-corrected chi connectivity index (χ0v) is 18.2. The van der Waals surface area contributed by atoms with Crippen LogP contribution in [0, 0.1) is 5.92 Å². The standard InChI is InChI=1S/C24H24N2O7/c1-3-32-19(27)13-16(24(31)33-4-2)21(23(29)30)26-22(28)20-14-9-5-7-11-17(14)25-18-12-8-6-10-15(18)20/h5-12,16,21H,3-4,13H2,1-2H3,(H,26,28)(H,29,30)/t16-,21+/m0/s1. The van der Waals surface area contributed by atoms with Crippen molar-refractivity contribution in [3.05, 3.63) is 54.1 Å². The molecule has 0 unspecified atom stereocenters. The third kappa shape index (κ3) is 5.25. The van der Waals surface area contributed by atoms with Gasteiger partial charge >= 0.3 is 17.9 Å². The summed E-state index contributed by atoms with van der Waals surface area (Å²) in [5.41, 5.74) is 1.34. The molecule has 2 atom stereocenters. The van der Waals surface area contributed by atoms with Crippen LogP contribution < -0.4 is 5.32 Å². The Morgan fingerprint density at radius 1 is 0.909 bits per heavy atom. The lowest BCUT2D eigenvalue weighted by Crippen LogP contribution is -2.49. The van der Waals surface area contributed by atoms with Crippen molar-refractivity contribution in [3.63, 3.8) is 0 Å². The Bertz CT molecular complexity index is 1150. The lowest BCUT2D eigenvalue weighted by molar-refractivity contribution is -0.159. The fourth-order valence-electron chi connectivity index (χ4n) is 3.62. The number of rotatable bonds is 9. The summed E-state index contributed by atoms with van der Waals surface area (Å²) in [7, 11) is 0. The molecule has 1 aromatic heterocycles. The molecule has 0 bridgehead atoms. The van der Waals surface area contributed by atoms with E-state index in [4.69, 9.17) is 9.47 Å². The Kier molecular flexibility index (Phi) is 7.55. The van der Waals surface area contributed by atoms with Gasteiger partial charge < -0.3 is 19.9 Å². The van der Waals surface area contributed by atoms with Gasteiger partial charge in [0.15, 0.2) is 0 Å². The normalized spacial score (nSPS) is 12.7. The van der Waals surface area contributed by atoms with Gasteiger partial charge in [-0.05, 0) is 26.0 Å². The summed E-state index contributed by atoms with van der Waals surface area (Å²) < 4.78 is 9.85. The minimum atomic E-state index is -1.72. The quantitative estimate of drug-likeness (QED) is 0.374. The largest absolute Gasteiger partial charge is 0.480 e. The SMILES string of the molecule is CCOC(=O)C[C@H](C(=O)OCC)[C@@H](NC(=O)c1c2ccccc2nc2ccccc12)C(=O)O. The van der Waals surface area contributed by atoms with Crippen LogP contribution in [-0.2, 0) is 23.9 Å². The van der Waals surface area contributed by atoms with Gasteiger partial charge in [0, 0.05) is 10.8 Å². The molecule has 2 aromatic carbocycles. The summed E-state index contributed by atoms with van der Waals surface area (Å²) in [4.78, 5) is 54.6. The van der Waals surface area contributed by atoms with Crippen LogP contribution in [0.25, 0.3) is 21.8 Å². The molecule has 33 heavy (non-hydrogen) atoms. The maximum absolute atomic E-state index is 13.4. The molecule has 9 heteroatoms. The molecule has 0 saturated heterocycles. The molecule has 1 amide bonds. The highest BCUT2D eigenvalue weighted by Gasteiger charge is 2.38. The predicted molar refractivity (Wildman–Crippen MR) is 120 cm³/mol. The third-order valence-electron chi connectivity index (χ3n) is 5.05. The van der Waals surface area contributed by atoms with Crippen LogP contribution in [0.1, 0.15) is 30.6 Å². The number of fused-ring (bicyclic) bond motifs is 2. The zero-order chi connectivity index (χ0) is 24.0. The molecule has 0 radical (unpaired) electrons. The number of carbonyl (C=O) groups excluding carboxylic acids is 3. The van der Waals surface area contributed by atoms with Crippen molar-refractivity contribution in [1.29, 1.82) is 0 Å². The number of pyridine rings is 1. The Balaban J connectivity index is 2.04. The molecule has 0 fully saturated rings. The van der Waals surface area contributed by atoms with E-state index in [0.29, 0.717) is 21.8 Å². The lowest BCUT2D eigenvalue weighted by Gasteiger charge is -2.23. The highest BCUT2D eigenvalue weighted by molar-refractivity contribution is 6.16. The maximum atomic E-state index is 13.4.